The Labute approximate surface area is 147 Å². The van der Waals surface area contributed by atoms with Gasteiger partial charge in [0.15, 0.2) is 11.9 Å². The summed E-state index contributed by atoms with van der Waals surface area (Å²) in [6.07, 6.45) is 1.48. The molecule has 6 nitrogen and oxygen atoms in total. The highest BCUT2D eigenvalue weighted by atomic mass is 16.7. The molecule has 0 spiro atoms. The molecular weight excluding hydrogens is 324 g/mol. The van der Waals surface area contributed by atoms with Crippen LogP contribution in [0, 0.1) is 11.3 Å². The van der Waals surface area contributed by atoms with Crippen molar-refractivity contribution in [3.8, 4) is 0 Å². The van der Waals surface area contributed by atoms with Crippen molar-refractivity contribution in [2.45, 2.75) is 59.4 Å². The minimum absolute atomic E-state index is 0.0254. The van der Waals surface area contributed by atoms with Crippen LogP contribution in [0.4, 0.5) is 0 Å². The molecule has 3 aliphatic rings. The molecule has 1 heterocycles. The third-order valence-corrected chi connectivity index (χ3v) is 5.73. The molecule has 0 radical (unpaired) electrons. The lowest BCUT2D eigenvalue weighted by molar-refractivity contribution is -0.233. The lowest BCUT2D eigenvalue weighted by Crippen LogP contribution is -2.57. The average molecular weight is 348 g/mol. The molecule has 1 fully saturated rings. The molecular formula is C19H24O6. The fraction of sp³-hybridized carbons (Fsp3) is 0.632. The van der Waals surface area contributed by atoms with E-state index in [0.29, 0.717) is 18.6 Å². The number of carbonyl (C=O) groups excluding carboxylic acids is 3. The van der Waals surface area contributed by atoms with Crippen LogP contribution in [0.1, 0.15) is 47.5 Å². The summed E-state index contributed by atoms with van der Waals surface area (Å²) in [4.78, 5) is 36.3. The Morgan fingerprint density at radius 3 is 2.64 bits per heavy atom. The van der Waals surface area contributed by atoms with E-state index < -0.39 is 23.3 Å². The van der Waals surface area contributed by atoms with Crippen molar-refractivity contribution < 1.29 is 28.6 Å². The number of ether oxygens (including phenoxy) is 3. The van der Waals surface area contributed by atoms with Gasteiger partial charge in [0.05, 0.1) is 0 Å². The topological polar surface area (TPSA) is 78.9 Å². The Kier molecular flexibility index (Phi) is 4.14. The molecule has 1 saturated carbocycles. The minimum atomic E-state index is -1.17. The summed E-state index contributed by atoms with van der Waals surface area (Å²) >= 11 is 0. The number of hydrogen-bond acceptors (Lipinski definition) is 6. The first-order valence-corrected chi connectivity index (χ1v) is 8.61. The molecule has 0 aromatic carbocycles. The molecule has 0 bridgehead atoms. The van der Waals surface area contributed by atoms with E-state index in [1.165, 1.54) is 6.92 Å². The van der Waals surface area contributed by atoms with Crippen LogP contribution in [-0.4, -0.2) is 36.2 Å². The number of fused-ring (bicyclic) bond motifs is 2. The molecule has 136 valence electrons. The third-order valence-electron chi connectivity index (χ3n) is 5.73. The van der Waals surface area contributed by atoms with Crippen molar-refractivity contribution in [1.82, 2.24) is 0 Å². The normalized spacial score (nSPS) is 37.2. The van der Waals surface area contributed by atoms with Crippen molar-refractivity contribution in [3.63, 3.8) is 0 Å². The van der Waals surface area contributed by atoms with Crippen LogP contribution in [0.15, 0.2) is 22.8 Å². The number of hydrogen-bond donors (Lipinski definition) is 0. The fourth-order valence-corrected chi connectivity index (χ4v) is 4.65. The maximum atomic E-state index is 12.6. The zero-order chi connectivity index (χ0) is 18.6. The summed E-state index contributed by atoms with van der Waals surface area (Å²) in [5, 5.41) is 0. The van der Waals surface area contributed by atoms with Gasteiger partial charge in [0.1, 0.15) is 0 Å². The zero-order valence-electron chi connectivity index (χ0n) is 15.3. The van der Waals surface area contributed by atoms with Gasteiger partial charge in [-0.3, -0.25) is 9.59 Å². The van der Waals surface area contributed by atoms with E-state index in [1.807, 2.05) is 20.8 Å². The monoisotopic (exact) mass is 348 g/mol. The smallest absolute Gasteiger partial charge is 0.336 e. The summed E-state index contributed by atoms with van der Waals surface area (Å²) < 4.78 is 16.9. The minimum Gasteiger partial charge on any atom is -0.454 e. The SMILES string of the molecule is CCOC12CC3(C)C(CC1=C(C)C(=O)O2)C(C)=CC(=O)C3OC(C)=O. The second-order valence-electron chi connectivity index (χ2n) is 7.40. The maximum absolute atomic E-state index is 12.6. The summed E-state index contributed by atoms with van der Waals surface area (Å²) in [5.74, 6) is -2.31. The Morgan fingerprint density at radius 2 is 2.04 bits per heavy atom. The first-order valence-electron chi connectivity index (χ1n) is 8.61. The van der Waals surface area contributed by atoms with E-state index in [1.54, 1.807) is 13.0 Å². The lowest BCUT2D eigenvalue weighted by atomic mass is 9.56. The average Bonchev–Trinajstić information content (AvgIpc) is 2.73. The van der Waals surface area contributed by atoms with Crippen LogP contribution in [0.25, 0.3) is 0 Å². The molecule has 3 rings (SSSR count). The predicted octanol–water partition coefficient (Wildman–Crippen LogP) is 2.47. The van der Waals surface area contributed by atoms with Gasteiger partial charge < -0.3 is 14.2 Å². The number of allylic oxidation sites excluding steroid dienone is 1. The molecule has 6 heteroatoms. The number of ketones is 1. The van der Waals surface area contributed by atoms with E-state index in [4.69, 9.17) is 14.2 Å². The van der Waals surface area contributed by atoms with Crippen LogP contribution < -0.4 is 0 Å². The highest BCUT2D eigenvalue weighted by Crippen LogP contribution is 2.59. The molecule has 0 N–H and O–H groups in total. The van der Waals surface area contributed by atoms with Gasteiger partial charge in [0, 0.05) is 36.5 Å². The standard InChI is InChI=1S/C19H24O6/c1-6-23-19-9-18(5)13(8-14(19)11(3)17(22)25-19)10(2)7-15(21)16(18)24-12(4)20/h7,13,16H,6,8-9H2,1-5H3. The molecule has 4 atom stereocenters. The third kappa shape index (κ3) is 2.54. The summed E-state index contributed by atoms with van der Waals surface area (Å²) in [6, 6.07) is 0. The molecule has 1 aliphatic heterocycles. The predicted molar refractivity (Wildman–Crippen MR) is 88.3 cm³/mol. The fourth-order valence-electron chi connectivity index (χ4n) is 4.65. The summed E-state index contributed by atoms with van der Waals surface area (Å²) in [5.41, 5.74) is 1.64. The second kappa shape index (κ2) is 5.80. The second-order valence-corrected chi connectivity index (χ2v) is 7.40. The largest absolute Gasteiger partial charge is 0.454 e. The van der Waals surface area contributed by atoms with Crippen molar-refractivity contribution in [1.29, 1.82) is 0 Å². The molecule has 0 aromatic heterocycles. The quantitative estimate of drug-likeness (QED) is 0.729. The Bertz CT molecular complexity index is 717. The van der Waals surface area contributed by atoms with E-state index in [9.17, 15) is 14.4 Å². The van der Waals surface area contributed by atoms with Crippen LogP contribution in [-0.2, 0) is 28.6 Å². The van der Waals surface area contributed by atoms with Crippen molar-refractivity contribution in [2.24, 2.45) is 11.3 Å². The van der Waals surface area contributed by atoms with Gasteiger partial charge in [-0.2, -0.15) is 0 Å². The number of esters is 2. The molecule has 0 aromatic rings. The van der Waals surface area contributed by atoms with Gasteiger partial charge in [0.25, 0.3) is 0 Å². The Morgan fingerprint density at radius 1 is 1.36 bits per heavy atom. The molecule has 2 aliphatic carbocycles. The zero-order valence-corrected chi connectivity index (χ0v) is 15.3. The van der Waals surface area contributed by atoms with Crippen LogP contribution >= 0.6 is 0 Å². The van der Waals surface area contributed by atoms with Crippen molar-refractivity contribution in [2.75, 3.05) is 6.61 Å². The van der Waals surface area contributed by atoms with E-state index in [-0.39, 0.29) is 24.1 Å². The molecule has 0 saturated heterocycles. The number of rotatable bonds is 3. The van der Waals surface area contributed by atoms with E-state index in [2.05, 4.69) is 0 Å². The van der Waals surface area contributed by atoms with Gasteiger partial charge in [0.2, 0.25) is 5.79 Å². The van der Waals surface area contributed by atoms with Gasteiger partial charge in [-0.05, 0) is 39.2 Å². The van der Waals surface area contributed by atoms with Crippen LogP contribution in [0.5, 0.6) is 0 Å². The Hall–Kier alpha value is -1.95. The first kappa shape index (κ1) is 17.9. The first-order chi connectivity index (χ1) is 11.6. The number of carbonyl (C=O) groups is 3. The summed E-state index contributed by atoms with van der Waals surface area (Å²) in [6.45, 7) is 9.07. The van der Waals surface area contributed by atoms with Crippen LogP contribution in [0.2, 0.25) is 0 Å². The van der Waals surface area contributed by atoms with E-state index >= 15 is 0 Å². The molecule has 25 heavy (non-hydrogen) atoms. The lowest BCUT2D eigenvalue weighted by Gasteiger charge is -2.53. The van der Waals surface area contributed by atoms with E-state index in [0.717, 1.165) is 11.1 Å². The highest BCUT2D eigenvalue weighted by Gasteiger charge is 2.63. The Balaban J connectivity index is 2.11. The molecule has 4 unspecified atom stereocenters. The van der Waals surface area contributed by atoms with Crippen LogP contribution in [0.3, 0.4) is 0 Å². The van der Waals surface area contributed by atoms with Gasteiger partial charge >= 0.3 is 11.9 Å². The van der Waals surface area contributed by atoms with Gasteiger partial charge in [-0.15, -0.1) is 0 Å². The maximum Gasteiger partial charge on any atom is 0.336 e. The highest BCUT2D eigenvalue weighted by molar-refractivity contribution is 5.97. The van der Waals surface area contributed by atoms with Crippen molar-refractivity contribution in [3.05, 3.63) is 22.8 Å². The molecule has 0 amide bonds. The van der Waals surface area contributed by atoms with Gasteiger partial charge in [-0.1, -0.05) is 12.5 Å². The summed E-state index contributed by atoms with van der Waals surface area (Å²) in [7, 11) is 0. The van der Waals surface area contributed by atoms with Gasteiger partial charge in [-0.25, -0.2) is 4.79 Å². The van der Waals surface area contributed by atoms with Crippen molar-refractivity contribution >= 4 is 17.7 Å².